The van der Waals surface area contributed by atoms with Gasteiger partial charge in [0, 0.05) is 13.1 Å². The predicted octanol–water partition coefficient (Wildman–Crippen LogP) is 0.294. The van der Waals surface area contributed by atoms with Gasteiger partial charge in [-0.05, 0) is 37.7 Å². The molecule has 0 saturated carbocycles. The molecule has 1 amide bonds. The van der Waals surface area contributed by atoms with E-state index < -0.39 is 28.0 Å². The molecular weight excluding hydrogens is 336 g/mol. The highest BCUT2D eigenvalue weighted by atomic mass is 32.2. The van der Waals surface area contributed by atoms with E-state index in [2.05, 4.69) is 10.0 Å². The van der Waals surface area contributed by atoms with Crippen molar-refractivity contribution in [3.63, 3.8) is 0 Å². The molecule has 0 aliphatic rings. The van der Waals surface area contributed by atoms with Crippen LogP contribution in [0, 0.1) is 0 Å². The van der Waals surface area contributed by atoms with Crippen LogP contribution in [-0.4, -0.2) is 47.6 Å². The maximum absolute atomic E-state index is 12.0. The minimum atomic E-state index is -3.71. The summed E-state index contributed by atoms with van der Waals surface area (Å²) in [6, 6.07) is 4.42. The Balaban J connectivity index is 2.98. The quantitative estimate of drug-likeness (QED) is 0.537. The molecule has 9 heteroatoms. The van der Waals surface area contributed by atoms with Crippen molar-refractivity contribution in [3.8, 4) is 5.75 Å². The third-order valence-corrected chi connectivity index (χ3v) is 4.50. The highest BCUT2D eigenvalue weighted by Crippen LogP contribution is 2.25. The number of carbonyl (C=O) groups excluding carboxylic acids is 2. The van der Waals surface area contributed by atoms with Gasteiger partial charge in [0.15, 0.2) is 6.10 Å². The Kier molecular flexibility index (Phi) is 6.93. The SMILES string of the molecule is CNC(=O)[C@@H](C)OC(=O)/C=C/c1ccc(OC)c(S(=O)(=O)NC)c1. The molecule has 24 heavy (non-hydrogen) atoms. The van der Waals surface area contributed by atoms with Crippen LogP contribution in [-0.2, 0) is 24.3 Å². The van der Waals surface area contributed by atoms with E-state index in [1.807, 2.05) is 0 Å². The summed E-state index contributed by atoms with van der Waals surface area (Å²) in [5.74, 6) is -0.971. The van der Waals surface area contributed by atoms with Crippen LogP contribution in [0.1, 0.15) is 12.5 Å². The first-order chi connectivity index (χ1) is 11.2. The number of benzene rings is 1. The molecule has 0 spiro atoms. The molecule has 0 bridgehead atoms. The minimum absolute atomic E-state index is 0.0539. The Bertz CT molecular complexity index is 742. The Labute approximate surface area is 140 Å². The third kappa shape index (κ3) is 5.07. The van der Waals surface area contributed by atoms with Gasteiger partial charge in [-0.25, -0.2) is 17.9 Å². The first-order valence-corrected chi connectivity index (χ1v) is 8.45. The molecule has 0 saturated heterocycles. The van der Waals surface area contributed by atoms with E-state index in [-0.39, 0.29) is 10.6 Å². The summed E-state index contributed by atoms with van der Waals surface area (Å²) >= 11 is 0. The average Bonchev–Trinajstić information content (AvgIpc) is 2.58. The second kappa shape index (κ2) is 8.46. The number of ether oxygens (including phenoxy) is 2. The van der Waals surface area contributed by atoms with Gasteiger partial charge in [-0.3, -0.25) is 4.79 Å². The fourth-order valence-electron chi connectivity index (χ4n) is 1.75. The Morgan fingerprint density at radius 3 is 2.46 bits per heavy atom. The van der Waals surface area contributed by atoms with Gasteiger partial charge >= 0.3 is 5.97 Å². The molecule has 0 aromatic heterocycles. The summed E-state index contributed by atoms with van der Waals surface area (Å²) in [5.41, 5.74) is 0.453. The largest absolute Gasteiger partial charge is 0.495 e. The van der Waals surface area contributed by atoms with Crippen LogP contribution in [0.15, 0.2) is 29.2 Å². The lowest BCUT2D eigenvalue weighted by molar-refractivity contribution is -0.149. The Morgan fingerprint density at radius 2 is 1.92 bits per heavy atom. The minimum Gasteiger partial charge on any atom is -0.495 e. The Morgan fingerprint density at radius 1 is 1.25 bits per heavy atom. The molecule has 0 aliphatic carbocycles. The third-order valence-electron chi connectivity index (χ3n) is 3.07. The first-order valence-electron chi connectivity index (χ1n) is 6.97. The zero-order valence-electron chi connectivity index (χ0n) is 13.8. The molecule has 8 nitrogen and oxygen atoms in total. The second-order valence-corrected chi connectivity index (χ2v) is 6.50. The van der Waals surface area contributed by atoms with E-state index in [1.54, 1.807) is 6.07 Å². The van der Waals surface area contributed by atoms with Gasteiger partial charge in [-0.2, -0.15) is 0 Å². The van der Waals surface area contributed by atoms with E-state index >= 15 is 0 Å². The summed E-state index contributed by atoms with van der Waals surface area (Å²) in [5, 5.41) is 2.36. The van der Waals surface area contributed by atoms with Gasteiger partial charge in [0.2, 0.25) is 10.0 Å². The lowest BCUT2D eigenvalue weighted by atomic mass is 10.2. The first kappa shape index (κ1) is 19.7. The number of hydrogen-bond acceptors (Lipinski definition) is 6. The molecule has 1 aromatic rings. The number of hydrogen-bond donors (Lipinski definition) is 2. The molecule has 0 fully saturated rings. The van der Waals surface area contributed by atoms with Crippen LogP contribution in [0.25, 0.3) is 6.08 Å². The summed E-state index contributed by atoms with van der Waals surface area (Å²) in [7, 11) is 0.365. The normalized spacial score (nSPS) is 12.7. The number of methoxy groups -OCH3 is 1. The molecule has 1 atom stereocenters. The van der Waals surface area contributed by atoms with Crippen LogP contribution in [0.4, 0.5) is 0 Å². The van der Waals surface area contributed by atoms with E-state index in [0.717, 1.165) is 6.08 Å². The van der Waals surface area contributed by atoms with Gasteiger partial charge in [-0.15, -0.1) is 0 Å². The van der Waals surface area contributed by atoms with Crippen molar-refractivity contribution in [2.24, 2.45) is 0 Å². The predicted molar refractivity (Wildman–Crippen MR) is 87.9 cm³/mol. The van der Waals surface area contributed by atoms with E-state index in [0.29, 0.717) is 5.56 Å². The lowest BCUT2D eigenvalue weighted by Gasteiger charge is -2.10. The summed E-state index contributed by atoms with van der Waals surface area (Å²) in [6.07, 6.45) is 1.56. The topological polar surface area (TPSA) is 111 Å². The zero-order chi connectivity index (χ0) is 18.3. The summed E-state index contributed by atoms with van der Waals surface area (Å²) in [6.45, 7) is 1.44. The summed E-state index contributed by atoms with van der Waals surface area (Å²) in [4.78, 5) is 22.9. The number of likely N-dealkylation sites (N-methyl/N-ethyl adjacent to an activating group) is 1. The van der Waals surface area contributed by atoms with Gasteiger partial charge in [-0.1, -0.05) is 6.07 Å². The van der Waals surface area contributed by atoms with Crippen LogP contribution < -0.4 is 14.8 Å². The van der Waals surface area contributed by atoms with Gasteiger partial charge < -0.3 is 14.8 Å². The van der Waals surface area contributed by atoms with Gasteiger partial charge in [0.1, 0.15) is 10.6 Å². The molecular formula is C15H20N2O6S. The number of nitrogens with one attached hydrogen (secondary N) is 2. The summed E-state index contributed by atoms with van der Waals surface area (Å²) < 4.78 is 36.1. The lowest BCUT2D eigenvalue weighted by Crippen LogP contribution is -2.32. The highest BCUT2D eigenvalue weighted by molar-refractivity contribution is 7.89. The number of rotatable bonds is 7. The monoisotopic (exact) mass is 356 g/mol. The van der Waals surface area contributed by atoms with E-state index in [9.17, 15) is 18.0 Å². The Hall–Kier alpha value is -2.39. The van der Waals surface area contributed by atoms with Gasteiger partial charge in [0.25, 0.3) is 5.91 Å². The number of esters is 1. The van der Waals surface area contributed by atoms with E-state index in [4.69, 9.17) is 9.47 Å². The number of amides is 1. The highest BCUT2D eigenvalue weighted by Gasteiger charge is 2.18. The van der Waals surface area contributed by atoms with Crippen molar-refractivity contribution in [2.75, 3.05) is 21.2 Å². The fourth-order valence-corrected chi connectivity index (χ4v) is 2.68. The van der Waals surface area contributed by atoms with Crippen LogP contribution in [0.2, 0.25) is 0 Å². The second-order valence-electron chi connectivity index (χ2n) is 4.64. The van der Waals surface area contributed by atoms with Crippen molar-refractivity contribution < 1.29 is 27.5 Å². The van der Waals surface area contributed by atoms with Crippen molar-refractivity contribution in [1.29, 1.82) is 0 Å². The van der Waals surface area contributed by atoms with Crippen molar-refractivity contribution in [1.82, 2.24) is 10.0 Å². The molecule has 0 aliphatic heterocycles. The van der Waals surface area contributed by atoms with Crippen molar-refractivity contribution >= 4 is 28.0 Å². The molecule has 0 radical (unpaired) electrons. The molecule has 132 valence electrons. The number of sulfonamides is 1. The number of carbonyl (C=O) groups is 2. The molecule has 1 aromatic carbocycles. The zero-order valence-corrected chi connectivity index (χ0v) is 14.6. The average molecular weight is 356 g/mol. The van der Waals surface area contributed by atoms with Gasteiger partial charge in [0.05, 0.1) is 7.11 Å². The van der Waals surface area contributed by atoms with Crippen molar-refractivity contribution in [2.45, 2.75) is 17.9 Å². The van der Waals surface area contributed by atoms with Crippen LogP contribution >= 0.6 is 0 Å². The standard InChI is InChI=1S/C15H20N2O6S/c1-10(15(19)16-2)23-14(18)8-6-11-5-7-12(22-4)13(9-11)24(20,21)17-3/h5-10,17H,1-4H3,(H,16,19)/b8-6+/t10-/m1/s1. The van der Waals surface area contributed by atoms with Crippen LogP contribution in [0.5, 0.6) is 5.75 Å². The smallest absolute Gasteiger partial charge is 0.331 e. The van der Waals surface area contributed by atoms with Crippen LogP contribution in [0.3, 0.4) is 0 Å². The molecule has 0 unspecified atom stereocenters. The molecule has 1 rings (SSSR count). The fraction of sp³-hybridized carbons (Fsp3) is 0.333. The maximum Gasteiger partial charge on any atom is 0.331 e. The molecule has 0 heterocycles. The molecule has 2 N–H and O–H groups in total. The van der Waals surface area contributed by atoms with Crippen molar-refractivity contribution in [3.05, 3.63) is 29.8 Å². The maximum atomic E-state index is 12.0. The van der Waals surface area contributed by atoms with E-state index in [1.165, 1.54) is 46.3 Å².